The molecule has 2 fully saturated rings. The zero-order chi connectivity index (χ0) is 25.5. The molecule has 2 saturated heterocycles. The van der Waals surface area contributed by atoms with Crippen LogP contribution in [0, 0.1) is 5.92 Å². The van der Waals surface area contributed by atoms with Crippen molar-refractivity contribution in [2.24, 2.45) is 5.92 Å². The third kappa shape index (κ3) is 5.69. The summed E-state index contributed by atoms with van der Waals surface area (Å²) in [5.41, 5.74) is 0.122. The minimum atomic E-state index is -4.86. The summed E-state index contributed by atoms with van der Waals surface area (Å²) in [6.45, 7) is 0.909. The summed E-state index contributed by atoms with van der Waals surface area (Å²) in [5.74, 6) is -0.243. The number of aromatic nitrogens is 1. The lowest BCUT2D eigenvalue weighted by Gasteiger charge is -2.39. The van der Waals surface area contributed by atoms with Crippen molar-refractivity contribution < 1.29 is 35.9 Å². The second kappa shape index (κ2) is 9.30. The van der Waals surface area contributed by atoms with Gasteiger partial charge in [-0.05, 0) is 42.7 Å². The summed E-state index contributed by atoms with van der Waals surface area (Å²) >= 11 is 0. The van der Waals surface area contributed by atoms with Gasteiger partial charge >= 0.3 is 6.36 Å². The number of carbonyl (C=O) groups is 1. The molecular weight excluding hydrogens is 489 g/mol. The van der Waals surface area contributed by atoms with Crippen LogP contribution in [0.2, 0.25) is 0 Å². The lowest BCUT2D eigenvalue weighted by Crippen LogP contribution is -2.51. The molecule has 2 bridgehead atoms. The number of alkyl halides is 3. The Morgan fingerprint density at radius 3 is 2.37 bits per heavy atom. The second-order valence-electron chi connectivity index (χ2n) is 9.02. The minimum absolute atomic E-state index is 0.103. The number of carbonyl (C=O) groups excluding carboxylic acids is 1. The van der Waals surface area contributed by atoms with Crippen LogP contribution in [-0.4, -0.2) is 61.2 Å². The van der Waals surface area contributed by atoms with Gasteiger partial charge in [0.05, 0.1) is 4.90 Å². The fourth-order valence-electron chi connectivity index (χ4n) is 4.97. The van der Waals surface area contributed by atoms with Gasteiger partial charge in [-0.3, -0.25) is 18.9 Å². The molecule has 190 valence electrons. The van der Waals surface area contributed by atoms with Gasteiger partial charge in [-0.15, -0.1) is 13.2 Å². The number of pyridine rings is 1. The van der Waals surface area contributed by atoms with Crippen LogP contribution in [-0.2, 0) is 19.4 Å². The van der Waals surface area contributed by atoms with Gasteiger partial charge in [0.25, 0.3) is 5.56 Å². The third-order valence-electron chi connectivity index (χ3n) is 6.47. The summed E-state index contributed by atoms with van der Waals surface area (Å²) in [5, 5.41) is 0. The number of piperidine rings is 1. The van der Waals surface area contributed by atoms with Crippen LogP contribution in [0.15, 0.2) is 52.3 Å². The van der Waals surface area contributed by atoms with Crippen molar-refractivity contribution in [2.45, 2.75) is 55.6 Å². The van der Waals surface area contributed by atoms with Gasteiger partial charge in [0.15, 0.2) is 9.84 Å². The maximum absolute atomic E-state index is 12.7. The van der Waals surface area contributed by atoms with E-state index >= 15 is 0 Å². The number of amides is 1. The maximum Gasteiger partial charge on any atom is 0.523 e. The highest BCUT2D eigenvalue weighted by Gasteiger charge is 2.48. The Kier molecular flexibility index (Phi) is 6.71. The van der Waals surface area contributed by atoms with Crippen molar-refractivity contribution in [3.8, 4) is 11.4 Å². The van der Waals surface area contributed by atoms with Crippen molar-refractivity contribution in [2.75, 3.05) is 12.9 Å². The molecule has 12 heteroatoms. The number of nitrogens with zero attached hydrogens (tertiary/aromatic N) is 2. The van der Waals surface area contributed by atoms with E-state index in [9.17, 15) is 31.2 Å². The quantitative estimate of drug-likeness (QED) is 0.589. The summed E-state index contributed by atoms with van der Waals surface area (Å²) in [6, 6.07) is 8.33. The molecule has 0 aliphatic carbocycles. The number of hydrogen-bond acceptors (Lipinski definition) is 6. The van der Waals surface area contributed by atoms with Gasteiger partial charge in [0.2, 0.25) is 5.91 Å². The van der Waals surface area contributed by atoms with E-state index in [4.69, 9.17) is 4.74 Å². The van der Waals surface area contributed by atoms with Crippen LogP contribution in [0.5, 0.6) is 5.75 Å². The normalized spacial score (nSPS) is 24.4. The van der Waals surface area contributed by atoms with E-state index in [-0.39, 0.29) is 34.6 Å². The van der Waals surface area contributed by atoms with Crippen LogP contribution < -0.4 is 10.3 Å². The Hall–Kier alpha value is -2.86. The summed E-state index contributed by atoms with van der Waals surface area (Å²) in [4.78, 5) is 26.7. The highest BCUT2D eigenvalue weighted by Crippen LogP contribution is 2.41. The summed E-state index contributed by atoms with van der Waals surface area (Å²) in [6.07, 6.45) is -1.00. The first-order valence-electron chi connectivity index (χ1n) is 11.0. The predicted molar refractivity (Wildman–Crippen MR) is 119 cm³/mol. The van der Waals surface area contributed by atoms with Crippen LogP contribution in [0.4, 0.5) is 13.2 Å². The molecule has 0 saturated carbocycles. The number of hydrogen-bond donors (Lipinski definition) is 0. The first-order valence-corrected chi connectivity index (χ1v) is 12.9. The predicted octanol–water partition coefficient (Wildman–Crippen LogP) is 2.92. The van der Waals surface area contributed by atoms with Gasteiger partial charge in [0.1, 0.15) is 18.5 Å². The molecule has 0 radical (unpaired) electrons. The molecule has 2 aliphatic rings. The highest BCUT2D eigenvalue weighted by molar-refractivity contribution is 7.90. The van der Waals surface area contributed by atoms with Crippen molar-refractivity contribution in [3.05, 3.63) is 52.9 Å². The zero-order valence-electron chi connectivity index (χ0n) is 19.1. The van der Waals surface area contributed by atoms with Gasteiger partial charge in [-0.2, -0.15) is 0 Å². The lowest BCUT2D eigenvalue weighted by molar-refractivity contribution is -0.322. The third-order valence-corrected chi connectivity index (χ3v) is 7.60. The molecule has 1 aromatic heterocycles. The molecule has 3 heterocycles. The first-order chi connectivity index (χ1) is 16.3. The molecule has 4 atom stereocenters. The molecule has 0 N–H and O–H groups in total. The molecule has 2 aromatic rings. The standard InChI is InChI=1S/C23H25F3N2O6S/c1-14-9-16-10-18(11-20(14)28(16)22(30)13-33-23(24,25)26)34-17-7-8-27(21(29)12-17)15-3-5-19(6-4-15)35(2,31)32/h3-8,12,14,16,18,20H,9-11,13H2,1-2H3/t14-,16-,18+,20+/m1/s1. The van der Waals surface area contributed by atoms with Crippen LogP contribution >= 0.6 is 0 Å². The first kappa shape index (κ1) is 25.2. The molecule has 35 heavy (non-hydrogen) atoms. The molecule has 1 aromatic carbocycles. The van der Waals surface area contributed by atoms with E-state index in [0.717, 1.165) is 6.26 Å². The Morgan fingerprint density at radius 1 is 1.11 bits per heavy atom. The SMILES string of the molecule is C[C@@H]1C[C@@H]2C[C@H](Oc3ccn(-c4ccc(S(C)(=O)=O)cc4)c(=O)c3)C[C@@H]1N2C(=O)COC(F)(F)F. The average Bonchev–Trinajstić information content (AvgIpc) is 2.96. The fraction of sp³-hybridized carbons (Fsp3) is 0.478. The molecule has 0 unspecified atom stereocenters. The van der Waals surface area contributed by atoms with Crippen molar-refractivity contribution >= 4 is 15.7 Å². The molecule has 4 rings (SSSR count). The molecule has 0 spiro atoms. The van der Waals surface area contributed by atoms with Gasteiger partial charge in [-0.25, -0.2) is 8.42 Å². The number of sulfone groups is 1. The van der Waals surface area contributed by atoms with E-state index in [0.29, 0.717) is 30.7 Å². The fourth-order valence-corrected chi connectivity index (χ4v) is 5.60. The van der Waals surface area contributed by atoms with E-state index in [2.05, 4.69) is 4.74 Å². The van der Waals surface area contributed by atoms with E-state index in [1.807, 2.05) is 6.92 Å². The number of fused-ring (bicyclic) bond motifs is 2. The maximum atomic E-state index is 12.7. The topological polar surface area (TPSA) is 94.9 Å². The monoisotopic (exact) mass is 514 g/mol. The van der Waals surface area contributed by atoms with Crippen LogP contribution in [0.25, 0.3) is 5.69 Å². The second-order valence-corrected chi connectivity index (χ2v) is 11.0. The van der Waals surface area contributed by atoms with E-state index in [1.54, 1.807) is 6.07 Å². The number of halogens is 3. The minimum Gasteiger partial charge on any atom is -0.490 e. The molecule has 2 aliphatic heterocycles. The van der Waals surface area contributed by atoms with Gasteiger partial charge in [-0.1, -0.05) is 6.92 Å². The average molecular weight is 515 g/mol. The zero-order valence-corrected chi connectivity index (χ0v) is 19.9. The number of rotatable bonds is 6. The number of benzene rings is 1. The number of ether oxygens (including phenoxy) is 2. The molecular formula is C23H25F3N2O6S. The van der Waals surface area contributed by atoms with Gasteiger partial charge < -0.3 is 9.64 Å². The smallest absolute Gasteiger partial charge is 0.490 e. The van der Waals surface area contributed by atoms with Crippen LogP contribution in [0.1, 0.15) is 26.2 Å². The van der Waals surface area contributed by atoms with Gasteiger partial charge in [0, 0.05) is 49.1 Å². The molecule has 1 amide bonds. The Morgan fingerprint density at radius 2 is 1.80 bits per heavy atom. The van der Waals surface area contributed by atoms with Crippen molar-refractivity contribution in [1.82, 2.24) is 9.47 Å². The van der Waals surface area contributed by atoms with Crippen molar-refractivity contribution in [3.63, 3.8) is 0 Å². The van der Waals surface area contributed by atoms with E-state index in [1.165, 1.54) is 46.0 Å². The summed E-state index contributed by atoms with van der Waals surface area (Å²) in [7, 11) is -3.35. The Labute approximate surface area is 200 Å². The largest absolute Gasteiger partial charge is 0.523 e. The van der Waals surface area contributed by atoms with Crippen molar-refractivity contribution in [1.29, 1.82) is 0 Å². The highest BCUT2D eigenvalue weighted by atomic mass is 32.2. The Balaban J connectivity index is 1.43. The van der Waals surface area contributed by atoms with E-state index < -0.39 is 28.7 Å². The Bertz CT molecular complexity index is 1260. The summed E-state index contributed by atoms with van der Waals surface area (Å²) < 4.78 is 71.4. The lowest BCUT2D eigenvalue weighted by atomic mass is 9.97. The molecule has 8 nitrogen and oxygen atoms in total. The van der Waals surface area contributed by atoms with Crippen LogP contribution in [0.3, 0.4) is 0 Å².